The maximum absolute atomic E-state index is 12.6. The van der Waals surface area contributed by atoms with Gasteiger partial charge in [0.2, 0.25) is 0 Å². The minimum atomic E-state index is -4.35. The third kappa shape index (κ3) is 8.48. The average Bonchev–Trinajstić information content (AvgIpc) is 4.01. The average molecular weight is 785 g/mol. The topological polar surface area (TPSA) is 204 Å². The number of nitrogens with two attached hydrogens (primary N) is 1. The number of amides is 2. The van der Waals surface area contributed by atoms with Gasteiger partial charge in [-0.2, -0.15) is 18.6 Å². The fraction of sp³-hybridized carbons (Fsp3) is 0.474. The van der Waals surface area contributed by atoms with Crippen molar-refractivity contribution in [2.24, 2.45) is 5.14 Å². The van der Waals surface area contributed by atoms with Gasteiger partial charge in [0.15, 0.2) is 10.1 Å². The number of sulfonamides is 2. The van der Waals surface area contributed by atoms with E-state index in [2.05, 4.69) is 27.6 Å². The van der Waals surface area contributed by atoms with Crippen LogP contribution in [0.5, 0.6) is 5.75 Å². The minimum absolute atomic E-state index is 0.463. The lowest BCUT2D eigenvalue weighted by molar-refractivity contribution is 0.256. The quantitative estimate of drug-likeness (QED) is 0.200. The molecule has 288 valence electrons. The molecule has 4 N–H and O–H groups in total. The van der Waals surface area contributed by atoms with Gasteiger partial charge < -0.3 is 10.1 Å². The molecule has 0 radical (unpaired) electrons. The molecule has 0 spiro atoms. The predicted molar refractivity (Wildman–Crippen MR) is 203 cm³/mol. The number of carbonyl (C=O) groups excluding carboxylic acids is 1. The van der Waals surface area contributed by atoms with Gasteiger partial charge in [0.25, 0.3) is 26.3 Å². The first-order chi connectivity index (χ1) is 28.8. The van der Waals surface area contributed by atoms with E-state index < -0.39 is 61.9 Å². The number of carbonyl (C=O) groups is 1. The van der Waals surface area contributed by atoms with E-state index in [9.17, 15) is 21.6 Å². The van der Waals surface area contributed by atoms with Crippen molar-refractivity contribution in [1.29, 1.82) is 5.26 Å². The van der Waals surface area contributed by atoms with Crippen LogP contribution in [0, 0.1) is 11.5 Å². The highest BCUT2D eigenvalue weighted by Gasteiger charge is 2.28. The van der Waals surface area contributed by atoms with Gasteiger partial charge in [-0.25, -0.2) is 23.1 Å². The molecule has 14 nitrogen and oxygen atoms in total. The van der Waals surface area contributed by atoms with E-state index >= 15 is 0 Å². The number of hydrogen-bond donors (Lipinski definition) is 3. The lowest BCUT2D eigenvalue weighted by Crippen LogP contribution is -2.35. The maximum atomic E-state index is 12.6. The van der Waals surface area contributed by atoms with Crippen LogP contribution in [0.25, 0.3) is 0 Å². The molecule has 2 aromatic heterocycles. The fourth-order valence-corrected chi connectivity index (χ4v) is 8.78. The van der Waals surface area contributed by atoms with Crippen molar-refractivity contribution in [2.75, 3.05) is 5.32 Å². The molecule has 2 atom stereocenters. The number of urea groups is 1. The van der Waals surface area contributed by atoms with E-state index in [0.29, 0.717) is 5.69 Å². The Morgan fingerprint density at radius 1 is 0.815 bits per heavy atom. The zero-order valence-electron chi connectivity index (χ0n) is 38.0. The van der Waals surface area contributed by atoms with Crippen molar-refractivity contribution in [1.82, 2.24) is 24.3 Å². The largest absolute Gasteiger partial charge is 0.387 e. The summed E-state index contributed by atoms with van der Waals surface area (Å²) in [5.41, 5.74) is 10.7. The van der Waals surface area contributed by atoms with Crippen molar-refractivity contribution < 1.29 is 37.3 Å². The first-order valence-electron chi connectivity index (χ1n) is 21.6. The molecule has 0 fully saturated rings. The van der Waals surface area contributed by atoms with Crippen molar-refractivity contribution in [3.8, 4) is 12.0 Å². The van der Waals surface area contributed by atoms with Crippen LogP contribution in [0.2, 0.25) is 0 Å². The summed E-state index contributed by atoms with van der Waals surface area (Å²) in [7, 11) is -8.34. The third-order valence-electron chi connectivity index (χ3n) is 9.89. The number of nitriles is 1. The van der Waals surface area contributed by atoms with Crippen molar-refractivity contribution in [3.63, 3.8) is 0 Å². The second-order valence-corrected chi connectivity index (χ2v) is 16.7. The van der Waals surface area contributed by atoms with Crippen LogP contribution in [-0.4, -0.2) is 42.4 Å². The number of aryl methyl sites for hydroxylation is 4. The molecule has 0 saturated carbocycles. The van der Waals surface area contributed by atoms with Crippen LogP contribution in [-0.2, 0) is 71.4 Å². The number of benzene rings is 2. The number of primary sulfonamides is 1. The fourth-order valence-electron chi connectivity index (χ4n) is 7.50. The standard InChI is InChI=1S/C19H24N4O3S.C13H13NO.C6H11N3O2S/c1-12(2)23-10-9-17(21-23)27(25,26)22-19(24)20-18-15-7-3-5-13(15)11-14-6-4-8-16(14)18;14-8-15-13-11-5-1-3-9(11)7-10-4-2-6-12(10)13;1-5(2)9-4-3-6(8-9)12(7,10)11/h9-12H,3-8H2,1-2H3,(H2,20,22,24);7H,1-6H2;3-5H,1-2H3,(H2,7,10,11)/i1D3,12D;;1D3,5D. The number of hydrogen-bond acceptors (Lipinski definition) is 9. The first kappa shape index (κ1) is 29.6. The number of nitrogens with one attached hydrogen (secondary N) is 2. The van der Waals surface area contributed by atoms with E-state index in [-0.39, 0.29) is 0 Å². The molecule has 0 aliphatic heterocycles. The summed E-state index contributed by atoms with van der Waals surface area (Å²) in [6.45, 7) is -3.13. The Labute approximate surface area is 328 Å². The molecule has 54 heavy (non-hydrogen) atoms. The number of fused-ring (bicyclic) bond motifs is 4. The molecule has 16 heteroatoms. The molecule has 4 aromatic rings. The summed E-state index contributed by atoms with van der Waals surface area (Å²) in [4.78, 5) is 12.6. The van der Waals surface area contributed by atoms with Crippen molar-refractivity contribution >= 4 is 31.8 Å². The summed E-state index contributed by atoms with van der Waals surface area (Å²) in [5.74, 6) is 0.903. The molecular formula is C38H48N8O6S2. The van der Waals surface area contributed by atoms with Crippen molar-refractivity contribution in [3.05, 3.63) is 81.2 Å². The van der Waals surface area contributed by atoms with Crippen LogP contribution >= 0.6 is 0 Å². The predicted octanol–water partition coefficient (Wildman–Crippen LogP) is 5.59. The Morgan fingerprint density at radius 2 is 1.26 bits per heavy atom. The highest BCUT2D eigenvalue weighted by atomic mass is 32.2. The van der Waals surface area contributed by atoms with Crippen LogP contribution in [0.1, 0.15) is 121 Å². The molecule has 2 amide bonds. The molecular weight excluding hydrogens is 729 g/mol. The van der Waals surface area contributed by atoms with Gasteiger partial charge in [-0.15, -0.1) is 5.26 Å². The van der Waals surface area contributed by atoms with Crippen molar-refractivity contribution in [2.45, 2.75) is 127 Å². The number of nitrogens with zero attached hydrogens (tertiary/aromatic N) is 5. The smallest absolute Gasteiger partial charge is 0.333 e. The lowest BCUT2D eigenvalue weighted by atomic mass is 9.99. The summed E-state index contributed by atoms with van der Waals surface area (Å²) in [5, 5.41) is 22.5. The van der Waals surface area contributed by atoms with E-state index in [4.69, 9.17) is 26.1 Å². The van der Waals surface area contributed by atoms with E-state index in [1.54, 1.807) is 0 Å². The Morgan fingerprint density at radius 3 is 1.70 bits per heavy atom. The van der Waals surface area contributed by atoms with Crippen LogP contribution in [0.15, 0.2) is 46.7 Å². The summed E-state index contributed by atoms with van der Waals surface area (Å²) in [6.07, 6.45) is 16.5. The molecule has 8 rings (SSSR count). The van der Waals surface area contributed by atoms with E-state index in [0.717, 1.165) is 129 Å². The van der Waals surface area contributed by atoms with Gasteiger partial charge >= 0.3 is 6.03 Å². The van der Waals surface area contributed by atoms with Crippen LogP contribution in [0.4, 0.5) is 10.5 Å². The number of aromatic nitrogens is 4. The molecule has 0 bridgehead atoms. The molecule has 2 aromatic carbocycles. The first-order valence-corrected chi connectivity index (χ1v) is 20.7. The van der Waals surface area contributed by atoms with Crippen LogP contribution < -0.4 is 19.9 Å². The lowest BCUT2D eigenvalue weighted by Gasteiger charge is -2.16. The highest BCUT2D eigenvalue weighted by Crippen LogP contribution is 2.40. The minimum Gasteiger partial charge on any atom is -0.387 e. The normalized spacial score (nSPS) is 20.1. The van der Waals surface area contributed by atoms with Gasteiger partial charge in [-0.05, 0) is 161 Å². The third-order valence-corrected chi connectivity index (χ3v) is 11.9. The summed E-state index contributed by atoms with van der Waals surface area (Å²) in [6, 6.07) is 1.56. The van der Waals surface area contributed by atoms with E-state index in [1.165, 1.54) is 46.2 Å². The Balaban J connectivity index is 0.000000173. The van der Waals surface area contributed by atoms with Gasteiger partial charge in [0.05, 0.1) is 2.74 Å². The monoisotopic (exact) mass is 784 g/mol. The number of ether oxygens (including phenoxy) is 1. The number of anilines is 1. The van der Waals surface area contributed by atoms with Gasteiger partial charge in [-0.3, -0.25) is 9.36 Å². The summed E-state index contributed by atoms with van der Waals surface area (Å²) < 4.78 is 115. The summed E-state index contributed by atoms with van der Waals surface area (Å²) >= 11 is 0. The second-order valence-electron chi connectivity index (χ2n) is 13.6. The zero-order valence-corrected chi connectivity index (χ0v) is 31.7. The van der Waals surface area contributed by atoms with Gasteiger partial charge in [0.1, 0.15) is 5.75 Å². The Bertz CT molecular complexity index is 2590. The number of rotatable bonds is 7. The molecule has 0 saturated heterocycles. The van der Waals surface area contributed by atoms with E-state index in [1.807, 2.05) is 11.0 Å². The van der Waals surface area contributed by atoms with Gasteiger partial charge in [-0.1, -0.05) is 12.1 Å². The van der Waals surface area contributed by atoms with Crippen LogP contribution in [0.3, 0.4) is 0 Å². The van der Waals surface area contributed by atoms with Gasteiger partial charge in [0, 0.05) is 38.3 Å². The highest BCUT2D eigenvalue weighted by molar-refractivity contribution is 7.90. The SMILES string of the molecule is N#COc1c2c(cc3c1CCC3)CCC2.[2H]C([2H])([2H])C([2H])(C)n1ccc(S(=O)(=O)NC(=O)Nc2c3c(cc4c2CCC4)CCC3)n1.[2H]C([2H])([2H])C([2H])(C)n1ccc(S(N)(=O)=O)n1. The Kier molecular flexibility index (Phi) is 8.74. The molecule has 4 aliphatic rings. The zero-order chi connectivity index (χ0) is 45.6. The maximum Gasteiger partial charge on any atom is 0.333 e. The second kappa shape index (κ2) is 15.9. The molecule has 4 aliphatic carbocycles. The Hall–Kier alpha value is -4.72. The molecule has 2 heterocycles. The molecule has 2 unspecified atom stereocenters.